The number of nitrogens with zero attached hydrogens (tertiary/aromatic N) is 1. The second kappa shape index (κ2) is 22.3. The van der Waals surface area contributed by atoms with E-state index in [-0.39, 0.29) is 26.2 Å². The van der Waals surface area contributed by atoms with Gasteiger partial charge in [0.2, 0.25) is 0 Å². The van der Waals surface area contributed by atoms with Gasteiger partial charge in [0.15, 0.2) is 0 Å². The normalized spacial score (nSPS) is 16.1. The van der Waals surface area contributed by atoms with Crippen molar-refractivity contribution in [3.8, 4) is 0 Å². The molecule has 0 amide bonds. The Morgan fingerprint density at radius 2 is 1.17 bits per heavy atom. The van der Waals surface area contributed by atoms with Crippen molar-refractivity contribution in [3.05, 3.63) is 81.8 Å². The van der Waals surface area contributed by atoms with Gasteiger partial charge in [0, 0.05) is 0 Å². The molecule has 2 aliphatic rings. The zero-order valence-electron chi connectivity index (χ0n) is 14.5. The molecule has 2 aliphatic carbocycles. The molecule has 2 saturated carbocycles. The molecule has 0 aliphatic heterocycles. The molecule has 0 saturated heterocycles. The fourth-order valence-electron chi connectivity index (χ4n) is 1.54. The SMILES string of the molecule is CCCC[C-]=CC(=[N-])CCCC.[CH]1[CH][CH][CH][CH]1.[CH]1[CH][CH][CH][CH]1.[Zr+2]. The summed E-state index contributed by atoms with van der Waals surface area (Å²) in [5, 5.41) is 9.28. The monoisotopic (exact) mass is 385 g/mol. The molecule has 0 aromatic rings. The molecule has 0 bridgehead atoms. The summed E-state index contributed by atoms with van der Waals surface area (Å²) in [6.07, 6.45) is 31.1. The Balaban J connectivity index is 0. The summed E-state index contributed by atoms with van der Waals surface area (Å²) < 4.78 is 0. The van der Waals surface area contributed by atoms with Crippen LogP contribution in [0.1, 0.15) is 52.4 Å². The van der Waals surface area contributed by atoms with Crippen molar-refractivity contribution in [3.63, 3.8) is 0 Å². The maximum atomic E-state index is 9.28. The molecule has 2 heteroatoms. The zero-order valence-corrected chi connectivity index (χ0v) is 17.0. The molecule has 122 valence electrons. The second-order valence-corrected chi connectivity index (χ2v) is 4.97. The summed E-state index contributed by atoms with van der Waals surface area (Å²) in [5.41, 5.74) is 0.480. The first-order valence-electron chi connectivity index (χ1n) is 8.26. The van der Waals surface area contributed by atoms with Gasteiger partial charge in [-0.1, -0.05) is 39.5 Å². The van der Waals surface area contributed by atoms with Crippen LogP contribution in [0.2, 0.25) is 0 Å². The van der Waals surface area contributed by atoms with Crippen LogP contribution in [-0.2, 0) is 26.2 Å². The minimum atomic E-state index is 0. The fraction of sp³-hybridized carbons (Fsp3) is 0.381. The third-order valence-corrected chi connectivity index (χ3v) is 2.84. The number of allylic oxidation sites excluding steroid dienone is 2. The summed E-state index contributed by atoms with van der Waals surface area (Å²) >= 11 is 0. The molecule has 0 atom stereocenters. The molecule has 0 N–H and O–H groups in total. The molecule has 0 unspecified atom stereocenters. The molecule has 2 fully saturated rings. The average molecular weight is 387 g/mol. The summed E-state index contributed by atoms with van der Waals surface area (Å²) in [5.74, 6) is 0. The second-order valence-electron chi connectivity index (χ2n) is 4.97. The predicted octanol–water partition coefficient (Wildman–Crippen LogP) is 5.78. The van der Waals surface area contributed by atoms with Gasteiger partial charge in [-0.3, -0.25) is 12.2 Å². The van der Waals surface area contributed by atoms with Crippen LogP contribution in [0.25, 0.3) is 5.41 Å². The minimum absolute atomic E-state index is 0. The molecule has 2 rings (SSSR count). The fourth-order valence-corrected chi connectivity index (χ4v) is 1.54. The van der Waals surface area contributed by atoms with E-state index in [1.807, 2.05) is 64.2 Å². The summed E-state index contributed by atoms with van der Waals surface area (Å²) in [4.78, 5) is 0. The van der Waals surface area contributed by atoms with Crippen LogP contribution in [0.3, 0.4) is 0 Å². The predicted molar refractivity (Wildman–Crippen MR) is 98.2 cm³/mol. The maximum Gasteiger partial charge on any atom is 2.00 e. The van der Waals surface area contributed by atoms with E-state index in [9.17, 15) is 5.41 Å². The van der Waals surface area contributed by atoms with E-state index < -0.39 is 0 Å². The van der Waals surface area contributed by atoms with Gasteiger partial charge in [0.1, 0.15) is 0 Å². The Bertz CT molecular complexity index is 227. The standard InChI is InChI=1S/C11H19N.2C5H5.Zr/c1-3-5-7-8-10-11(12)9-6-4-2;2*1-2-4-5-3-1;/h10H,3-7,9H2,1-2H3;2*1-5H;/q-2;;;+2. The first kappa shape index (κ1) is 25.5. The molecule has 0 heterocycles. The molecule has 10 radical (unpaired) electrons. The smallest absolute Gasteiger partial charge is 0.908 e. The Morgan fingerprint density at radius 3 is 1.52 bits per heavy atom. The number of hydrogen-bond acceptors (Lipinski definition) is 0. The van der Waals surface area contributed by atoms with Crippen LogP contribution in [0.4, 0.5) is 0 Å². The van der Waals surface area contributed by atoms with Crippen molar-refractivity contribution in [2.24, 2.45) is 0 Å². The van der Waals surface area contributed by atoms with Crippen LogP contribution in [0.15, 0.2) is 6.08 Å². The number of rotatable bonds is 7. The van der Waals surface area contributed by atoms with Crippen LogP contribution in [0.5, 0.6) is 0 Å². The van der Waals surface area contributed by atoms with Crippen molar-refractivity contribution < 1.29 is 26.2 Å². The van der Waals surface area contributed by atoms with Gasteiger partial charge in [-0.2, -0.15) is 0 Å². The maximum absolute atomic E-state index is 9.28. The minimum Gasteiger partial charge on any atom is -0.908 e. The summed E-state index contributed by atoms with van der Waals surface area (Å²) in [6.45, 7) is 4.28. The van der Waals surface area contributed by atoms with E-state index in [4.69, 9.17) is 0 Å². The Labute approximate surface area is 165 Å². The first-order chi connectivity index (χ1) is 10.8. The van der Waals surface area contributed by atoms with Gasteiger partial charge in [-0.15, -0.1) is 12.8 Å². The first-order valence-corrected chi connectivity index (χ1v) is 8.26. The van der Waals surface area contributed by atoms with Crippen molar-refractivity contribution in [1.82, 2.24) is 0 Å². The number of unbranched alkanes of at least 4 members (excludes halogenated alkanes) is 3. The quantitative estimate of drug-likeness (QED) is 0.301. The average Bonchev–Trinajstić information content (AvgIpc) is 3.27. The third kappa shape index (κ3) is 22.3. The zero-order chi connectivity index (χ0) is 16.3. The van der Waals surface area contributed by atoms with E-state index >= 15 is 0 Å². The molecular weight excluding hydrogens is 357 g/mol. The molecule has 0 aromatic carbocycles. The van der Waals surface area contributed by atoms with Gasteiger partial charge >= 0.3 is 26.2 Å². The van der Waals surface area contributed by atoms with Gasteiger partial charge in [-0.25, -0.2) is 0 Å². The molecular formula is C21H29NZr. The molecule has 0 aromatic heterocycles. The van der Waals surface area contributed by atoms with Crippen molar-refractivity contribution in [2.45, 2.75) is 52.4 Å². The van der Waals surface area contributed by atoms with Crippen LogP contribution in [-0.4, -0.2) is 5.71 Å². The van der Waals surface area contributed by atoms with Gasteiger partial charge in [0.25, 0.3) is 0 Å². The number of hydrogen-bond donors (Lipinski definition) is 0. The van der Waals surface area contributed by atoms with Crippen molar-refractivity contribution in [1.29, 1.82) is 0 Å². The summed E-state index contributed by atoms with van der Waals surface area (Å²) in [6, 6.07) is 0. The van der Waals surface area contributed by atoms with E-state index in [0.717, 1.165) is 32.1 Å². The van der Waals surface area contributed by atoms with E-state index in [2.05, 4.69) is 19.9 Å². The molecule has 23 heavy (non-hydrogen) atoms. The van der Waals surface area contributed by atoms with Gasteiger partial charge in [-0.05, 0) is 64.2 Å². The van der Waals surface area contributed by atoms with Crippen LogP contribution in [0, 0.1) is 70.3 Å². The van der Waals surface area contributed by atoms with Crippen LogP contribution < -0.4 is 0 Å². The van der Waals surface area contributed by atoms with E-state index in [1.165, 1.54) is 6.42 Å². The Kier molecular flexibility index (Phi) is 24.7. The topological polar surface area (TPSA) is 22.3 Å². The van der Waals surface area contributed by atoms with Crippen molar-refractivity contribution >= 4 is 5.71 Å². The largest absolute Gasteiger partial charge is 2.00 e. The van der Waals surface area contributed by atoms with E-state index in [1.54, 1.807) is 6.08 Å². The summed E-state index contributed by atoms with van der Waals surface area (Å²) in [7, 11) is 0. The molecule has 1 nitrogen and oxygen atoms in total. The Hall–Kier alpha value is 0.293. The third-order valence-electron chi connectivity index (χ3n) is 2.84. The van der Waals surface area contributed by atoms with Gasteiger partial charge < -0.3 is 11.1 Å². The van der Waals surface area contributed by atoms with E-state index in [0.29, 0.717) is 5.71 Å². The van der Waals surface area contributed by atoms with Crippen molar-refractivity contribution in [2.75, 3.05) is 0 Å². The molecule has 0 spiro atoms. The van der Waals surface area contributed by atoms with Gasteiger partial charge in [0.05, 0.1) is 0 Å². The van der Waals surface area contributed by atoms with Crippen LogP contribution >= 0.6 is 0 Å². The Morgan fingerprint density at radius 1 is 0.783 bits per heavy atom.